The van der Waals surface area contributed by atoms with E-state index in [0.29, 0.717) is 18.7 Å². The fraction of sp³-hybridized carbons (Fsp3) is 0.480. The smallest absolute Gasteiger partial charge is 0.247 e. The predicted octanol–water partition coefficient (Wildman–Crippen LogP) is 3.00. The largest absolute Gasteiger partial charge is 0.496 e. The number of para-hydroxylation sites is 1. The Bertz CT molecular complexity index is 1120. The number of aliphatic hydroxyl groups excluding tert-OH is 1. The van der Waals surface area contributed by atoms with E-state index >= 15 is 0 Å². The second-order valence-electron chi connectivity index (χ2n) is 8.73. The summed E-state index contributed by atoms with van der Waals surface area (Å²) in [6.45, 7) is 5.55. The molecule has 2 aromatic carbocycles. The normalized spacial score (nSPS) is 20.9. The molecular weight excluding hydrogens is 456 g/mol. The maximum atomic E-state index is 13.6. The molecule has 9 heteroatoms. The highest BCUT2D eigenvalue weighted by Gasteiger charge is 2.38. The summed E-state index contributed by atoms with van der Waals surface area (Å²) >= 11 is 0. The number of aliphatic hydroxyl groups is 1. The Kier molecular flexibility index (Phi) is 8.22. The third kappa shape index (κ3) is 5.21. The maximum absolute atomic E-state index is 13.6. The summed E-state index contributed by atoms with van der Waals surface area (Å²) < 4.78 is 40.4. The molecule has 186 valence electrons. The topological polar surface area (TPSA) is 96.4 Å². The lowest BCUT2D eigenvalue weighted by atomic mass is 10.0. The number of carbonyl (C=O) groups is 1. The first-order chi connectivity index (χ1) is 16.1. The van der Waals surface area contributed by atoms with Crippen LogP contribution in [-0.4, -0.2) is 74.6 Å². The van der Waals surface area contributed by atoms with Crippen molar-refractivity contribution in [2.24, 2.45) is 5.92 Å². The quantitative estimate of drug-likeness (QED) is 0.641. The molecule has 1 amide bonds. The lowest BCUT2D eigenvalue weighted by Gasteiger charge is -2.37. The average molecular weight is 491 g/mol. The van der Waals surface area contributed by atoms with Crippen molar-refractivity contribution in [2.45, 2.75) is 44.2 Å². The molecule has 1 N–H and O–H groups in total. The summed E-state index contributed by atoms with van der Waals surface area (Å²) in [5.41, 5.74) is 1.55. The second-order valence-corrected chi connectivity index (χ2v) is 10.6. The first-order valence-corrected chi connectivity index (χ1v) is 12.9. The summed E-state index contributed by atoms with van der Waals surface area (Å²) in [6.07, 6.45) is -0.0789. The molecule has 2 aromatic rings. The lowest BCUT2D eigenvalue weighted by molar-refractivity contribution is -0.131. The zero-order valence-electron chi connectivity index (χ0n) is 20.4. The second kappa shape index (κ2) is 10.8. The van der Waals surface area contributed by atoms with Gasteiger partial charge in [-0.2, -0.15) is 4.31 Å². The Hall–Kier alpha value is -2.62. The standard InChI is InChI=1S/C25H34N2O6S/c1-6-25(29)26(4)15-23-17(2)14-27(18(3)16-28)34(30,31)24-12-11-19(13-22(24)33-23)20-9-7-8-10-21(20)32-5/h7-13,17-18,23,28H,6,14-16H2,1-5H3/t17-,18-,23-/m0/s1. The number of likely N-dealkylation sites (N-methyl/N-ethyl adjacent to an activating group) is 1. The van der Waals surface area contributed by atoms with Gasteiger partial charge >= 0.3 is 0 Å². The molecule has 3 atom stereocenters. The molecule has 0 saturated heterocycles. The number of sulfonamides is 1. The number of benzene rings is 2. The Labute approximate surface area is 202 Å². The number of nitrogens with zero attached hydrogens (tertiary/aromatic N) is 2. The highest BCUT2D eigenvalue weighted by atomic mass is 32.2. The molecule has 1 aliphatic rings. The maximum Gasteiger partial charge on any atom is 0.247 e. The van der Waals surface area contributed by atoms with Gasteiger partial charge in [-0.15, -0.1) is 0 Å². The van der Waals surface area contributed by atoms with Gasteiger partial charge in [-0.3, -0.25) is 4.79 Å². The number of methoxy groups -OCH3 is 1. The van der Waals surface area contributed by atoms with Crippen LogP contribution in [0.4, 0.5) is 0 Å². The lowest BCUT2D eigenvalue weighted by Crippen LogP contribution is -2.50. The molecule has 0 bridgehead atoms. The molecule has 0 aromatic heterocycles. The van der Waals surface area contributed by atoms with E-state index in [0.717, 1.165) is 11.1 Å². The minimum atomic E-state index is -3.94. The van der Waals surface area contributed by atoms with Gasteiger partial charge in [-0.25, -0.2) is 8.42 Å². The van der Waals surface area contributed by atoms with Crippen LogP contribution >= 0.6 is 0 Å². The highest BCUT2D eigenvalue weighted by Crippen LogP contribution is 2.38. The van der Waals surface area contributed by atoms with E-state index in [4.69, 9.17) is 9.47 Å². The van der Waals surface area contributed by atoms with Crippen molar-refractivity contribution in [3.63, 3.8) is 0 Å². The molecule has 0 aliphatic carbocycles. The van der Waals surface area contributed by atoms with Crippen molar-refractivity contribution >= 4 is 15.9 Å². The monoisotopic (exact) mass is 490 g/mol. The SMILES string of the molecule is CCC(=O)N(C)C[C@@H]1Oc2cc(-c3ccccc3OC)ccc2S(=O)(=O)N([C@@H](C)CO)C[C@@H]1C. The minimum absolute atomic E-state index is 0.0194. The van der Waals surface area contributed by atoms with E-state index in [1.54, 1.807) is 45.0 Å². The first-order valence-electron chi connectivity index (χ1n) is 11.4. The summed E-state index contributed by atoms with van der Waals surface area (Å²) in [5, 5.41) is 9.78. The van der Waals surface area contributed by atoms with Crippen LogP contribution < -0.4 is 9.47 Å². The molecular formula is C25H34N2O6S. The van der Waals surface area contributed by atoms with E-state index in [1.165, 1.54) is 10.4 Å². The van der Waals surface area contributed by atoms with Crippen LogP contribution in [0.25, 0.3) is 11.1 Å². The summed E-state index contributed by atoms with van der Waals surface area (Å²) in [7, 11) is -0.635. The Balaban J connectivity index is 2.15. The van der Waals surface area contributed by atoms with Crippen molar-refractivity contribution in [2.75, 3.05) is 33.9 Å². The van der Waals surface area contributed by atoms with Crippen LogP contribution in [-0.2, 0) is 14.8 Å². The molecule has 1 aliphatic heterocycles. The van der Waals surface area contributed by atoms with Gasteiger partial charge < -0.3 is 19.5 Å². The number of fused-ring (bicyclic) bond motifs is 1. The van der Waals surface area contributed by atoms with Gasteiger partial charge in [0.1, 0.15) is 22.5 Å². The molecule has 34 heavy (non-hydrogen) atoms. The zero-order chi connectivity index (χ0) is 25.0. The van der Waals surface area contributed by atoms with E-state index in [9.17, 15) is 18.3 Å². The molecule has 8 nitrogen and oxygen atoms in total. The van der Waals surface area contributed by atoms with Crippen LogP contribution in [0.1, 0.15) is 27.2 Å². The Morgan fingerprint density at radius 1 is 1.29 bits per heavy atom. The van der Waals surface area contributed by atoms with E-state index < -0.39 is 22.2 Å². The van der Waals surface area contributed by atoms with Crippen molar-refractivity contribution in [3.05, 3.63) is 42.5 Å². The number of rotatable bonds is 7. The molecule has 0 radical (unpaired) electrons. The van der Waals surface area contributed by atoms with Crippen LogP contribution in [0, 0.1) is 5.92 Å². The van der Waals surface area contributed by atoms with E-state index in [2.05, 4.69) is 0 Å². The molecule has 0 spiro atoms. The first kappa shape index (κ1) is 26.0. The Morgan fingerprint density at radius 2 is 2.00 bits per heavy atom. The van der Waals surface area contributed by atoms with Crippen LogP contribution in [0.2, 0.25) is 0 Å². The van der Waals surface area contributed by atoms with E-state index in [1.807, 2.05) is 31.2 Å². The number of carbonyl (C=O) groups excluding carboxylic acids is 1. The number of hydrogen-bond acceptors (Lipinski definition) is 6. The van der Waals surface area contributed by atoms with Crippen LogP contribution in [0.3, 0.4) is 0 Å². The minimum Gasteiger partial charge on any atom is -0.496 e. The van der Waals surface area contributed by atoms with Crippen LogP contribution in [0.15, 0.2) is 47.4 Å². The van der Waals surface area contributed by atoms with Gasteiger partial charge in [0.15, 0.2) is 0 Å². The van der Waals surface area contributed by atoms with Gasteiger partial charge in [0.05, 0.1) is 20.3 Å². The van der Waals surface area contributed by atoms with Crippen molar-refractivity contribution in [1.82, 2.24) is 9.21 Å². The predicted molar refractivity (Wildman–Crippen MR) is 130 cm³/mol. The van der Waals surface area contributed by atoms with Crippen molar-refractivity contribution in [1.29, 1.82) is 0 Å². The molecule has 1 heterocycles. The molecule has 3 rings (SSSR count). The fourth-order valence-electron chi connectivity index (χ4n) is 4.14. The summed E-state index contributed by atoms with van der Waals surface area (Å²) in [6, 6.07) is 11.8. The van der Waals surface area contributed by atoms with Crippen molar-refractivity contribution < 1.29 is 27.8 Å². The fourth-order valence-corrected chi connectivity index (χ4v) is 5.96. The number of amides is 1. The highest BCUT2D eigenvalue weighted by molar-refractivity contribution is 7.89. The van der Waals surface area contributed by atoms with E-state index in [-0.39, 0.29) is 35.6 Å². The van der Waals surface area contributed by atoms with Crippen molar-refractivity contribution in [3.8, 4) is 22.6 Å². The third-order valence-corrected chi connectivity index (χ3v) is 8.29. The van der Waals surface area contributed by atoms with Gasteiger partial charge in [0.25, 0.3) is 0 Å². The number of hydrogen-bond donors (Lipinski definition) is 1. The third-order valence-electron chi connectivity index (χ3n) is 6.27. The number of ether oxygens (including phenoxy) is 2. The van der Waals surface area contributed by atoms with Gasteiger partial charge in [0, 0.05) is 37.5 Å². The average Bonchev–Trinajstić information content (AvgIpc) is 2.84. The molecule has 0 fully saturated rings. The van der Waals surface area contributed by atoms with Crippen LogP contribution in [0.5, 0.6) is 11.5 Å². The zero-order valence-corrected chi connectivity index (χ0v) is 21.2. The van der Waals surface area contributed by atoms with Gasteiger partial charge in [0.2, 0.25) is 15.9 Å². The summed E-state index contributed by atoms with van der Waals surface area (Å²) in [5.74, 6) is 0.616. The molecule has 0 unspecified atom stereocenters. The van der Waals surface area contributed by atoms with Gasteiger partial charge in [-0.1, -0.05) is 38.1 Å². The molecule has 0 saturated carbocycles. The Morgan fingerprint density at radius 3 is 2.65 bits per heavy atom. The summed E-state index contributed by atoms with van der Waals surface area (Å²) in [4.78, 5) is 13.9. The van der Waals surface area contributed by atoms with Gasteiger partial charge in [-0.05, 0) is 30.7 Å².